The van der Waals surface area contributed by atoms with Gasteiger partial charge in [0.05, 0.1) is 12.1 Å². The third-order valence-corrected chi connectivity index (χ3v) is 4.75. The summed E-state index contributed by atoms with van der Waals surface area (Å²) in [6.45, 7) is 0.469. The van der Waals surface area contributed by atoms with E-state index < -0.39 is 12.0 Å². The van der Waals surface area contributed by atoms with Crippen molar-refractivity contribution in [3.05, 3.63) is 41.2 Å². The molecule has 1 N–H and O–H groups in total. The van der Waals surface area contributed by atoms with E-state index in [1.54, 1.807) is 17.5 Å². The fourth-order valence-corrected chi connectivity index (χ4v) is 3.54. The summed E-state index contributed by atoms with van der Waals surface area (Å²) in [5.74, 6) is -1.53. The zero-order valence-electron chi connectivity index (χ0n) is 12.2. The molecule has 1 aliphatic heterocycles. The lowest BCUT2D eigenvalue weighted by Gasteiger charge is -2.20. The van der Waals surface area contributed by atoms with E-state index in [-0.39, 0.29) is 18.1 Å². The number of hydrogen-bond donors (Lipinski definition) is 1. The van der Waals surface area contributed by atoms with Crippen molar-refractivity contribution in [2.45, 2.75) is 25.3 Å². The van der Waals surface area contributed by atoms with Crippen molar-refractivity contribution in [1.29, 1.82) is 0 Å². The predicted octanol–water partition coefficient (Wildman–Crippen LogP) is 2.57. The van der Waals surface area contributed by atoms with Crippen molar-refractivity contribution in [1.82, 2.24) is 9.88 Å². The molecule has 1 amide bonds. The first kappa shape index (κ1) is 15.6. The van der Waals surface area contributed by atoms with Crippen LogP contribution in [0.2, 0.25) is 0 Å². The first-order chi connectivity index (χ1) is 11.0. The Balaban J connectivity index is 1.72. The highest BCUT2D eigenvalue weighted by Gasteiger charge is 2.33. The molecule has 0 aliphatic carbocycles. The molecule has 1 aromatic carbocycles. The van der Waals surface area contributed by atoms with E-state index in [1.165, 1.54) is 28.4 Å². The smallest absolute Gasteiger partial charge is 0.326 e. The average molecular weight is 334 g/mol. The monoisotopic (exact) mass is 334 g/mol. The minimum absolute atomic E-state index is 0.0651. The van der Waals surface area contributed by atoms with Crippen LogP contribution in [0.4, 0.5) is 4.39 Å². The zero-order valence-corrected chi connectivity index (χ0v) is 13.1. The van der Waals surface area contributed by atoms with Crippen LogP contribution < -0.4 is 0 Å². The van der Waals surface area contributed by atoms with Gasteiger partial charge < -0.3 is 10.0 Å². The molecule has 120 valence electrons. The van der Waals surface area contributed by atoms with Crippen LogP contribution in [-0.2, 0) is 16.0 Å². The summed E-state index contributed by atoms with van der Waals surface area (Å²) in [7, 11) is 0. The molecule has 1 fully saturated rings. The Kier molecular flexibility index (Phi) is 4.38. The fraction of sp³-hybridized carbons (Fsp3) is 0.312. The standard InChI is InChI=1S/C16H15FN2O3S/c17-11-4-1-3-10(7-11)15-18-12(9-23-15)8-14(20)19-6-2-5-13(19)16(21)22/h1,3-4,7,9,13H,2,5-6,8H2,(H,21,22). The van der Waals surface area contributed by atoms with Gasteiger partial charge in [-0.15, -0.1) is 11.3 Å². The molecule has 0 radical (unpaired) electrons. The van der Waals surface area contributed by atoms with E-state index in [4.69, 9.17) is 5.11 Å². The lowest BCUT2D eigenvalue weighted by atomic mass is 10.2. The van der Waals surface area contributed by atoms with Crippen LogP contribution in [0.3, 0.4) is 0 Å². The van der Waals surface area contributed by atoms with Gasteiger partial charge in [0.1, 0.15) is 16.9 Å². The van der Waals surface area contributed by atoms with E-state index >= 15 is 0 Å². The second-order valence-electron chi connectivity index (χ2n) is 5.41. The third-order valence-electron chi connectivity index (χ3n) is 3.81. The predicted molar refractivity (Wildman–Crippen MR) is 83.6 cm³/mol. The molecule has 1 saturated heterocycles. The van der Waals surface area contributed by atoms with Gasteiger partial charge in [-0.1, -0.05) is 12.1 Å². The largest absolute Gasteiger partial charge is 0.480 e. The Morgan fingerprint density at radius 3 is 3.00 bits per heavy atom. The molecular formula is C16H15FN2O3S. The van der Waals surface area contributed by atoms with Gasteiger partial charge in [0.25, 0.3) is 0 Å². The van der Waals surface area contributed by atoms with Gasteiger partial charge in [0.2, 0.25) is 5.91 Å². The van der Waals surface area contributed by atoms with Crippen molar-refractivity contribution in [3.8, 4) is 10.6 Å². The lowest BCUT2D eigenvalue weighted by molar-refractivity contribution is -0.148. The van der Waals surface area contributed by atoms with Crippen molar-refractivity contribution in [2.24, 2.45) is 0 Å². The summed E-state index contributed by atoms with van der Waals surface area (Å²) in [6.07, 6.45) is 1.26. The normalized spacial score (nSPS) is 17.4. The molecule has 2 heterocycles. The Hall–Kier alpha value is -2.28. The van der Waals surface area contributed by atoms with Crippen molar-refractivity contribution in [3.63, 3.8) is 0 Å². The number of aliphatic carboxylic acids is 1. The van der Waals surface area contributed by atoms with Gasteiger partial charge in [-0.2, -0.15) is 0 Å². The summed E-state index contributed by atoms with van der Waals surface area (Å²) in [5.41, 5.74) is 1.24. The highest BCUT2D eigenvalue weighted by Crippen LogP contribution is 2.25. The first-order valence-electron chi connectivity index (χ1n) is 7.27. The summed E-state index contributed by atoms with van der Waals surface area (Å²) in [4.78, 5) is 29.2. The summed E-state index contributed by atoms with van der Waals surface area (Å²) >= 11 is 1.34. The van der Waals surface area contributed by atoms with E-state index in [0.717, 1.165) is 0 Å². The molecule has 0 saturated carbocycles. The van der Waals surface area contributed by atoms with Crippen molar-refractivity contribution >= 4 is 23.2 Å². The Morgan fingerprint density at radius 2 is 2.26 bits per heavy atom. The third kappa shape index (κ3) is 3.39. The van der Waals surface area contributed by atoms with Gasteiger partial charge in [-0.05, 0) is 25.0 Å². The summed E-state index contributed by atoms with van der Waals surface area (Å²) < 4.78 is 13.3. The molecule has 3 rings (SSSR count). The number of thiazole rings is 1. The Labute approximate surface area is 136 Å². The van der Waals surface area contributed by atoms with E-state index in [1.807, 2.05) is 0 Å². The molecule has 23 heavy (non-hydrogen) atoms. The number of benzene rings is 1. The second kappa shape index (κ2) is 6.45. The maximum atomic E-state index is 13.3. The number of halogens is 1. The Bertz CT molecular complexity index is 746. The number of carboxylic acids is 1. The van der Waals surface area contributed by atoms with Crippen LogP contribution in [0.1, 0.15) is 18.5 Å². The highest BCUT2D eigenvalue weighted by molar-refractivity contribution is 7.13. The van der Waals surface area contributed by atoms with E-state index in [0.29, 0.717) is 35.7 Å². The van der Waals surface area contributed by atoms with Crippen LogP contribution in [0.15, 0.2) is 29.6 Å². The molecule has 1 unspecified atom stereocenters. The van der Waals surface area contributed by atoms with Crippen molar-refractivity contribution in [2.75, 3.05) is 6.54 Å². The van der Waals surface area contributed by atoms with Crippen LogP contribution >= 0.6 is 11.3 Å². The molecule has 1 aliphatic rings. The molecule has 7 heteroatoms. The number of aromatic nitrogens is 1. The minimum Gasteiger partial charge on any atom is -0.480 e. The number of amides is 1. The number of nitrogens with zero attached hydrogens (tertiary/aromatic N) is 2. The number of likely N-dealkylation sites (tertiary alicyclic amines) is 1. The number of hydrogen-bond acceptors (Lipinski definition) is 4. The molecule has 1 atom stereocenters. The lowest BCUT2D eigenvalue weighted by Crippen LogP contribution is -2.41. The SMILES string of the molecule is O=C(O)C1CCCN1C(=O)Cc1csc(-c2cccc(F)c2)n1. The molecule has 0 bridgehead atoms. The van der Waals surface area contributed by atoms with Gasteiger partial charge in [0.15, 0.2) is 0 Å². The Morgan fingerprint density at radius 1 is 1.43 bits per heavy atom. The zero-order chi connectivity index (χ0) is 16.4. The van der Waals surface area contributed by atoms with Crippen LogP contribution in [0.5, 0.6) is 0 Å². The van der Waals surface area contributed by atoms with Gasteiger partial charge in [-0.3, -0.25) is 4.79 Å². The van der Waals surface area contributed by atoms with Gasteiger partial charge in [0, 0.05) is 17.5 Å². The molecule has 1 aromatic heterocycles. The average Bonchev–Trinajstić information content (AvgIpc) is 3.16. The second-order valence-corrected chi connectivity index (χ2v) is 6.27. The van der Waals surface area contributed by atoms with Crippen LogP contribution in [-0.4, -0.2) is 39.5 Å². The number of rotatable bonds is 4. The van der Waals surface area contributed by atoms with E-state index in [9.17, 15) is 14.0 Å². The van der Waals surface area contributed by atoms with Crippen molar-refractivity contribution < 1.29 is 19.1 Å². The highest BCUT2D eigenvalue weighted by atomic mass is 32.1. The number of carbonyl (C=O) groups is 2. The molecular weight excluding hydrogens is 319 g/mol. The molecule has 5 nitrogen and oxygen atoms in total. The van der Waals surface area contributed by atoms with Crippen LogP contribution in [0, 0.1) is 5.82 Å². The maximum Gasteiger partial charge on any atom is 0.326 e. The fourth-order valence-electron chi connectivity index (χ4n) is 2.72. The van der Waals surface area contributed by atoms with E-state index in [2.05, 4.69) is 4.98 Å². The summed E-state index contributed by atoms with van der Waals surface area (Å²) in [5, 5.41) is 11.5. The topological polar surface area (TPSA) is 70.5 Å². The first-order valence-corrected chi connectivity index (χ1v) is 8.15. The molecule has 2 aromatic rings. The van der Waals surface area contributed by atoms with Gasteiger partial charge >= 0.3 is 5.97 Å². The number of carbonyl (C=O) groups excluding carboxylic acids is 1. The van der Waals surface area contributed by atoms with Crippen LogP contribution in [0.25, 0.3) is 10.6 Å². The molecule has 0 spiro atoms. The quantitative estimate of drug-likeness (QED) is 0.933. The minimum atomic E-state index is -0.963. The van der Waals surface area contributed by atoms with Gasteiger partial charge in [-0.25, -0.2) is 14.2 Å². The maximum absolute atomic E-state index is 13.3. The summed E-state index contributed by atoms with van der Waals surface area (Å²) in [6, 6.07) is 5.39. The number of carboxylic acid groups (broad SMARTS) is 1.